The number of hydrogen-bond donors (Lipinski definition) is 2. The van der Waals surface area contributed by atoms with Crippen molar-refractivity contribution in [3.8, 4) is 0 Å². The fraction of sp³-hybridized carbons (Fsp3) is 0.917. The van der Waals surface area contributed by atoms with Crippen LogP contribution in [0.4, 0.5) is 0 Å². The summed E-state index contributed by atoms with van der Waals surface area (Å²) in [5, 5.41) is 3.05. The largest absolute Gasteiger partial charge is 0.376 e. The number of nitrogens with one attached hydrogen (secondary N) is 1. The van der Waals surface area contributed by atoms with Gasteiger partial charge in [-0.25, -0.2) is 0 Å². The third-order valence-electron chi connectivity index (χ3n) is 4.11. The van der Waals surface area contributed by atoms with E-state index in [0.29, 0.717) is 5.92 Å². The van der Waals surface area contributed by atoms with Crippen molar-refractivity contribution >= 4 is 5.91 Å². The van der Waals surface area contributed by atoms with Crippen molar-refractivity contribution in [2.75, 3.05) is 6.61 Å². The Bertz CT molecular complexity index is 266. The van der Waals surface area contributed by atoms with Gasteiger partial charge in [-0.3, -0.25) is 4.79 Å². The normalized spacial score (nSPS) is 37.0. The molecule has 0 bridgehead atoms. The average Bonchev–Trinajstić information content (AvgIpc) is 2.72. The van der Waals surface area contributed by atoms with E-state index in [1.807, 2.05) is 13.8 Å². The fourth-order valence-corrected chi connectivity index (χ4v) is 2.87. The van der Waals surface area contributed by atoms with Gasteiger partial charge in [-0.2, -0.15) is 0 Å². The molecule has 4 heteroatoms. The van der Waals surface area contributed by atoms with E-state index in [0.717, 1.165) is 25.9 Å². The Morgan fingerprint density at radius 3 is 2.81 bits per heavy atom. The summed E-state index contributed by atoms with van der Waals surface area (Å²) in [6.07, 6.45) is 3.00. The van der Waals surface area contributed by atoms with Gasteiger partial charge in [0.2, 0.25) is 5.91 Å². The lowest BCUT2D eigenvalue weighted by Crippen LogP contribution is -2.69. The van der Waals surface area contributed by atoms with E-state index in [2.05, 4.69) is 5.32 Å². The summed E-state index contributed by atoms with van der Waals surface area (Å²) in [6.45, 7) is 4.88. The van der Waals surface area contributed by atoms with E-state index in [-0.39, 0.29) is 30.0 Å². The van der Waals surface area contributed by atoms with Crippen molar-refractivity contribution in [3.05, 3.63) is 0 Å². The highest BCUT2D eigenvalue weighted by Crippen LogP contribution is 2.37. The molecule has 2 rings (SSSR count). The van der Waals surface area contributed by atoms with Crippen molar-refractivity contribution in [3.63, 3.8) is 0 Å². The third-order valence-corrected chi connectivity index (χ3v) is 4.11. The minimum absolute atomic E-state index is 0.0422. The second kappa shape index (κ2) is 4.72. The molecule has 1 amide bonds. The van der Waals surface area contributed by atoms with Crippen LogP contribution in [0.3, 0.4) is 0 Å². The van der Waals surface area contributed by atoms with Crippen LogP contribution in [0.5, 0.6) is 0 Å². The van der Waals surface area contributed by atoms with Crippen molar-refractivity contribution in [2.45, 2.75) is 51.3 Å². The van der Waals surface area contributed by atoms with Crippen LogP contribution in [-0.2, 0) is 9.53 Å². The molecule has 3 N–H and O–H groups in total. The molecular formula is C12H22N2O2. The Labute approximate surface area is 96.9 Å². The van der Waals surface area contributed by atoms with Crippen LogP contribution in [0.2, 0.25) is 0 Å². The van der Waals surface area contributed by atoms with Gasteiger partial charge in [0, 0.05) is 24.5 Å². The Hall–Kier alpha value is -0.610. The van der Waals surface area contributed by atoms with Gasteiger partial charge in [-0.15, -0.1) is 0 Å². The molecule has 0 aromatic rings. The molecular weight excluding hydrogens is 204 g/mol. The molecule has 1 aliphatic heterocycles. The van der Waals surface area contributed by atoms with Crippen molar-refractivity contribution in [1.29, 1.82) is 0 Å². The summed E-state index contributed by atoms with van der Waals surface area (Å²) in [4.78, 5) is 11.9. The number of rotatable bonds is 4. The molecule has 92 valence electrons. The second-order valence-corrected chi connectivity index (χ2v) is 4.91. The molecule has 1 saturated heterocycles. The molecule has 2 aliphatic rings. The lowest BCUT2D eigenvalue weighted by atomic mass is 9.72. The zero-order chi connectivity index (χ0) is 11.7. The second-order valence-electron chi connectivity index (χ2n) is 4.91. The standard InChI is InChI=1S/C12H22N2O2/c1-3-7(4-2)12(15)14-10-9(13)8-5-6-16-11(8)10/h7-11H,3-6,13H2,1-2H3,(H,14,15). The minimum Gasteiger partial charge on any atom is -0.376 e. The molecule has 1 saturated carbocycles. The van der Waals surface area contributed by atoms with Gasteiger partial charge in [0.05, 0.1) is 12.1 Å². The summed E-state index contributed by atoms with van der Waals surface area (Å²) in [6, 6.07) is 0.131. The highest BCUT2D eigenvalue weighted by molar-refractivity contribution is 5.79. The van der Waals surface area contributed by atoms with Crippen molar-refractivity contribution in [2.24, 2.45) is 17.6 Å². The van der Waals surface area contributed by atoms with Gasteiger partial charge < -0.3 is 15.8 Å². The molecule has 0 radical (unpaired) electrons. The smallest absolute Gasteiger partial charge is 0.223 e. The van der Waals surface area contributed by atoms with E-state index in [9.17, 15) is 4.79 Å². The number of nitrogens with two attached hydrogens (primary N) is 1. The number of ether oxygens (including phenoxy) is 1. The average molecular weight is 226 g/mol. The Balaban J connectivity index is 1.88. The van der Waals surface area contributed by atoms with Gasteiger partial charge in [0.15, 0.2) is 0 Å². The molecule has 1 heterocycles. The van der Waals surface area contributed by atoms with Crippen molar-refractivity contribution < 1.29 is 9.53 Å². The number of carbonyl (C=O) groups excluding carboxylic acids is 1. The summed E-state index contributed by atoms with van der Waals surface area (Å²) in [5.74, 6) is 0.721. The number of carbonyl (C=O) groups is 1. The van der Waals surface area contributed by atoms with Crippen molar-refractivity contribution in [1.82, 2.24) is 5.32 Å². The zero-order valence-corrected chi connectivity index (χ0v) is 10.1. The first-order valence-electron chi connectivity index (χ1n) is 6.36. The summed E-state index contributed by atoms with van der Waals surface area (Å²) >= 11 is 0. The first kappa shape index (κ1) is 11.9. The Morgan fingerprint density at radius 2 is 2.19 bits per heavy atom. The molecule has 0 spiro atoms. The van der Waals surface area contributed by atoms with Crippen LogP contribution >= 0.6 is 0 Å². The summed E-state index contributed by atoms with van der Waals surface area (Å²) in [5.41, 5.74) is 6.04. The first-order chi connectivity index (χ1) is 7.69. The van der Waals surface area contributed by atoms with E-state index in [1.54, 1.807) is 0 Å². The topological polar surface area (TPSA) is 64.4 Å². The molecule has 16 heavy (non-hydrogen) atoms. The van der Waals surface area contributed by atoms with Gasteiger partial charge in [0.1, 0.15) is 0 Å². The Morgan fingerprint density at radius 1 is 1.50 bits per heavy atom. The monoisotopic (exact) mass is 226 g/mol. The van der Waals surface area contributed by atoms with Crippen LogP contribution < -0.4 is 11.1 Å². The van der Waals surface area contributed by atoms with E-state index < -0.39 is 0 Å². The van der Waals surface area contributed by atoms with Gasteiger partial charge in [-0.1, -0.05) is 13.8 Å². The fourth-order valence-electron chi connectivity index (χ4n) is 2.87. The number of fused-ring (bicyclic) bond motifs is 1. The molecule has 4 atom stereocenters. The van der Waals surface area contributed by atoms with E-state index in [4.69, 9.17) is 10.5 Å². The maximum Gasteiger partial charge on any atom is 0.223 e. The lowest BCUT2D eigenvalue weighted by molar-refractivity contribution is -0.129. The summed E-state index contributed by atoms with van der Waals surface area (Å²) < 4.78 is 5.59. The highest BCUT2D eigenvalue weighted by atomic mass is 16.5. The molecule has 4 nitrogen and oxygen atoms in total. The SMILES string of the molecule is CCC(CC)C(=O)NC1C(N)C2CCOC21. The number of amides is 1. The van der Waals surface area contributed by atoms with E-state index >= 15 is 0 Å². The van der Waals surface area contributed by atoms with Crippen LogP contribution in [0.1, 0.15) is 33.1 Å². The molecule has 0 aromatic heterocycles. The Kier molecular flexibility index (Phi) is 3.50. The lowest BCUT2D eigenvalue weighted by Gasteiger charge is -2.46. The third kappa shape index (κ3) is 1.84. The van der Waals surface area contributed by atoms with Gasteiger partial charge in [-0.05, 0) is 19.3 Å². The predicted octanol–water partition coefficient (Wildman–Crippen LogP) is 0.653. The maximum atomic E-state index is 11.9. The summed E-state index contributed by atoms with van der Waals surface area (Å²) in [7, 11) is 0. The predicted molar refractivity (Wildman–Crippen MR) is 61.8 cm³/mol. The quantitative estimate of drug-likeness (QED) is 0.740. The zero-order valence-electron chi connectivity index (χ0n) is 10.1. The van der Waals surface area contributed by atoms with Gasteiger partial charge in [0.25, 0.3) is 0 Å². The minimum atomic E-state index is 0.0422. The highest BCUT2D eigenvalue weighted by Gasteiger charge is 2.52. The van der Waals surface area contributed by atoms with Crippen LogP contribution in [0.15, 0.2) is 0 Å². The molecule has 2 fully saturated rings. The molecule has 0 aromatic carbocycles. The van der Waals surface area contributed by atoms with Crippen LogP contribution in [-0.4, -0.2) is 30.7 Å². The van der Waals surface area contributed by atoms with Gasteiger partial charge >= 0.3 is 0 Å². The van der Waals surface area contributed by atoms with Crippen LogP contribution in [0.25, 0.3) is 0 Å². The molecule has 1 aliphatic carbocycles. The first-order valence-corrected chi connectivity index (χ1v) is 6.36. The maximum absolute atomic E-state index is 11.9. The number of hydrogen-bond acceptors (Lipinski definition) is 3. The van der Waals surface area contributed by atoms with Crippen LogP contribution in [0, 0.1) is 11.8 Å². The molecule has 4 unspecified atom stereocenters. The van der Waals surface area contributed by atoms with E-state index in [1.165, 1.54) is 0 Å².